The van der Waals surface area contributed by atoms with Crippen molar-refractivity contribution in [3.63, 3.8) is 0 Å². The number of nitrogens with zero attached hydrogens (tertiary/aromatic N) is 1. The summed E-state index contributed by atoms with van der Waals surface area (Å²) in [6.07, 6.45) is 0. The molecule has 1 aromatic carbocycles. The Hall–Kier alpha value is -1.71. The first-order chi connectivity index (χ1) is 7.45. The molecule has 0 unspecified atom stereocenters. The molecule has 3 N–H and O–H groups in total. The second-order valence-corrected chi connectivity index (χ2v) is 3.97. The van der Waals surface area contributed by atoms with E-state index in [1.165, 1.54) is 0 Å². The quantitative estimate of drug-likeness (QED) is 0.753. The van der Waals surface area contributed by atoms with Gasteiger partial charge in [0.25, 0.3) is 0 Å². The Morgan fingerprint density at radius 3 is 2.56 bits per heavy atom. The summed E-state index contributed by atoms with van der Waals surface area (Å²) in [5.74, 6) is 0. The van der Waals surface area contributed by atoms with Crippen LogP contribution in [-0.2, 0) is 0 Å². The van der Waals surface area contributed by atoms with Crippen LogP contribution in [0.1, 0.15) is 18.1 Å². The van der Waals surface area contributed by atoms with E-state index in [2.05, 4.69) is 5.32 Å². The number of nitrogens with two attached hydrogens (primary N) is 1. The van der Waals surface area contributed by atoms with E-state index < -0.39 is 0 Å². The predicted molar refractivity (Wildman–Crippen MR) is 67.7 cm³/mol. The Morgan fingerprint density at radius 1 is 1.38 bits per heavy atom. The van der Waals surface area contributed by atoms with Gasteiger partial charge in [0.15, 0.2) is 0 Å². The Bertz CT molecular complexity index is 401. The number of anilines is 2. The van der Waals surface area contributed by atoms with E-state index in [1.54, 1.807) is 18.0 Å². The van der Waals surface area contributed by atoms with Gasteiger partial charge in [0.1, 0.15) is 0 Å². The maximum Gasteiger partial charge on any atom is 0.321 e. The van der Waals surface area contributed by atoms with E-state index in [0.717, 1.165) is 16.8 Å². The van der Waals surface area contributed by atoms with Crippen LogP contribution in [0.3, 0.4) is 0 Å². The van der Waals surface area contributed by atoms with Gasteiger partial charge in [-0.15, -0.1) is 0 Å². The summed E-state index contributed by atoms with van der Waals surface area (Å²) < 4.78 is 0. The van der Waals surface area contributed by atoms with Gasteiger partial charge in [-0.25, -0.2) is 4.79 Å². The van der Waals surface area contributed by atoms with Crippen LogP contribution in [0.5, 0.6) is 0 Å². The lowest BCUT2D eigenvalue weighted by atomic mass is 10.1. The first kappa shape index (κ1) is 12.4. The summed E-state index contributed by atoms with van der Waals surface area (Å²) in [5.41, 5.74) is 9.32. The first-order valence-corrected chi connectivity index (χ1v) is 5.34. The number of hydrogen-bond acceptors (Lipinski definition) is 2. The highest BCUT2D eigenvalue weighted by Crippen LogP contribution is 2.22. The molecule has 0 bridgehead atoms. The van der Waals surface area contributed by atoms with Gasteiger partial charge < -0.3 is 16.0 Å². The number of nitrogens with one attached hydrogen (secondary N) is 1. The molecule has 0 spiro atoms. The summed E-state index contributed by atoms with van der Waals surface area (Å²) in [6, 6.07) is 3.65. The van der Waals surface area contributed by atoms with Crippen molar-refractivity contribution in [2.45, 2.75) is 20.8 Å². The molecule has 0 aliphatic rings. The minimum Gasteiger partial charge on any atom is -0.398 e. The van der Waals surface area contributed by atoms with Crippen molar-refractivity contribution in [2.24, 2.45) is 0 Å². The van der Waals surface area contributed by atoms with Crippen LogP contribution >= 0.6 is 0 Å². The van der Waals surface area contributed by atoms with Crippen LogP contribution in [0, 0.1) is 13.8 Å². The van der Waals surface area contributed by atoms with Crippen LogP contribution < -0.4 is 11.1 Å². The highest BCUT2D eigenvalue weighted by Gasteiger charge is 2.09. The molecular weight excluding hydrogens is 202 g/mol. The molecule has 0 aliphatic carbocycles. The van der Waals surface area contributed by atoms with Crippen LogP contribution in [0.4, 0.5) is 16.2 Å². The normalized spacial score (nSPS) is 10.0. The van der Waals surface area contributed by atoms with Gasteiger partial charge >= 0.3 is 6.03 Å². The Morgan fingerprint density at radius 2 is 2.00 bits per heavy atom. The molecule has 4 heteroatoms. The molecule has 2 amide bonds. The summed E-state index contributed by atoms with van der Waals surface area (Å²) in [6.45, 7) is 6.50. The molecule has 0 aliphatic heterocycles. The van der Waals surface area contributed by atoms with E-state index in [9.17, 15) is 4.79 Å². The third kappa shape index (κ3) is 2.66. The minimum atomic E-state index is -0.117. The summed E-state index contributed by atoms with van der Waals surface area (Å²) in [4.78, 5) is 13.3. The largest absolute Gasteiger partial charge is 0.398 e. The molecule has 0 radical (unpaired) electrons. The smallest absolute Gasteiger partial charge is 0.321 e. The maximum absolute atomic E-state index is 11.7. The Kier molecular flexibility index (Phi) is 3.77. The van der Waals surface area contributed by atoms with Crippen molar-refractivity contribution in [1.82, 2.24) is 4.90 Å². The molecule has 0 aromatic heterocycles. The average molecular weight is 221 g/mol. The van der Waals surface area contributed by atoms with Gasteiger partial charge in [-0.3, -0.25) is 0 Å². The summed E-state index contributed by atoms with van der Waals surface area (Å²) in [7, 11) is 1.75. The molecule has 0 saturated carbocycles. The maximum atomic E-state index is 11.7. The number of carbonyl (C=O) groups is 1. The standard InChI is InChI=1S/C12H19N3O/c1-5-15(4)12(16)14-11-7-10(13)8(2)6-9(11)3/h6-7H,5,13H2,1-4H3,(H,14,16). The summed E-state index contributed by atoms with van der Waals surface area (Å²) in [5, 5.41) is 2.84. The van der Waals surface area contributed by atoms with Crippen LogP contribution in [0.15, 0.2) is 12.1 Å². The van der Waals surface area contributed by atoms with Crippen molar-refractivity contribution in [3.05, 3.63) is 23.3 Å². The zero-order valence-electron chi connectivity index (χ0n) is 10.3. The van der Waals surface area contributed by atoms with Crippen molar-refractivity contribution in [1.29, 1.82) is 0 Å². The topological polar surface area (TPSA) is 58.4 Å². The second-order valence-electron chi connectivity index (χ2n) is 3.97. The number of benzene rings is 1. The highest BCUT2D eigenvalue weighted by molar-refractivity contribution is 5.90. The third-order valence-electron chi connectivity index (χ3n) is 2.68. The minimum absolute atomic E-state index is 0.117. The van der Waals surface area contributed by atoms with Crippen molar-refractivity contribution in [2.75, 3.05) is 24.6 Å². The molecule has 4 nitrogen and oxygen atoms in total. The average Bonchev–Trinajstić information content (AvgIpc) is 2.24. The van der Waals surface area contributed by atoms with Gasteiger partial charge in [0, 0.05) is 25.0 Å². The zero-order valence-corrected chi connectivity index (χ0v) is 10.3. The van der Waals surface area contributed by atoms with Gasteiger partial charge in [0.2, 0.25) is 0 Å². The molecule has 0 fully saturated rings. The number of aryl methyl sites for hydroxylation is 2. The fourth-order valence-electron chi connectivity index (χ4n) is 1.36. The SMILES string of the molecule is CCN(C)C(=O)Nc1cc(N)c(C)cc1C. The van der Waals surface area contributed by atoms with Gasteiger partial charge in [-0.2, -0.15) is 0 Å². The van der Waals surface area contributed by atoms with E-state index >= 15 is 0 Å². The summed E-state index contributed by atoms with van der Waals surface area (Å²) >= 11 is 0. The number of hydrogen-bond donors (Lipinski definition) is 2. The van der Waals surface area contributed by atoms with Crippen LogP contribution in [0.25, 0.3) is 0 Å². The van der Waals surface area contributed by atoms with E-state index in [0.29, 0.717) is 12.2 Å². The molecular formula is C12H19N3O. The Balaban J connectivity index is 2.90. The van der Waals surface area contributed by atoms with Gasteiger partial charge in [0.05, 0.1) is 0 Å². The van der Waals surface area contributed by atoms with Crippen molar-refractivity contribution >= 4 is 17.4 Å². The van der Waals surface area contributed by atoms with E-state index in [-0.39, 0.29) is 6.03 Å². The lowest BCUT2D eigenvalue weighted by Gasteiger charge is -2.17. The highest BCUT2D eigenvalue weighted by atomic mass is 16.2. The van der Waals surface area contributed by atoms with E-state index in [4.69, 9.17) is 5.73 Å². The number of amides is 2. The van der Waals surface area contributed by atoms with Crippen molar-refractivity contribution < 1.29 is 4.79 Å². The molecule has 1 rings (SSSR count). The Labute approximate surface area is 96.4 Å². The molecule has 88 valence electrons. The number of urea groups is 1. The van der Waals surface area contributed by atoms with Gasteiger partial charge in [-0.1, -0.05) is 6.07 Å². The molecule has 0 heterocycles. The third-order valence-corrected chi connectivity index (χ3v) is 2.68. The monoisotopic (exact) mass is 221 g/mol. The lowest BCUT2D eigenvalue weighted by molar-refractivity contribution is 0.224. The fraction of sp³-hybridized carbons (Fsp3) is 0.417. The van der Waals surface area contributed by atoms with Crippen molar-refractivity contribution in [3.8, 4) is 0 Å². The second kappa shape index (κ2) is 4.88. The van der Waals surface area contributed by atoms with Crippen LogP contribution in [-0.4, -0.2) is 24.5 Å². The zero-order chi connectivity index (χ0) is 12.3. The molecule has 0 saturated heterocycles. The molecule has 1 aromatic rings. The predicted octanol–water partition coefficient (Wildman–Crippen LogP) is 2.37. The van der Waals surface area contributed by atoms with Crippen LogP contribution in [0.2, 0.25) is 0 Å². The lowest BCUT2D eigenvalue weighted by Crippen LogP contribution is -2.31. The molecule has 0 atom stereocenters. The molecule has 16 heavy (non-hydrogen) atoms. The number of carbonyl (C=O) groups excluding carboxylic acids is 1. The van der Waals surface area contributed by atoms with Gasteiger partial charge in [-0.05, 0) is 38.0 Å². The number of rotatable bonds is 2. The first-order valence-electron chi connectivity index (χ1n) is 5.34. The number of nitrogen functional groups attached to an aromatic ring is 1. The van der Waals surface area contributed by atoms with E-state index in [1.807, 2.05) is 26.8 Å². The fourth-order valence-corrected chi connectivity index (χ4v) is 1.36.